The number of hydrogen-bond acceptors (Lipinski definition) is 3. The van der Waals surface area contributed by atoms with Crippen molar-refractivity contribution in [3.63, 3.8) is 0 Å². The summed E-state index contributed by atoms with van der Waals surface area (Å²) in [6, 6.07) is 4.09. The number of nitrogens with one attached hydrogen (secondary N) is 2. The molecule has 1 amide bonds. The van der Waals surface area contributed by atoms with Crippen LogP contribution in [0.15, 0.2) is 12.1 Å². The van der Waals surface area contributed by atoms with Crippen molar-refractivity contribution in [2.24, 2.45) is 0 Å². The van der Waals surface area contributed by atoms with Gasteiger partial charge in [0.1, 0.15) is 5.82 Å². The Kier molecular flexibility index (Phi) is 4.18. The molecular weight excluding hydrogens is 226 g/mol. The monoisotopic (exact) mass is 247 g/mol. The number of carbonyl (C=O) groups is 1. The molecule has 18 heavy (non-hydrogen) atoms. The van der Waals surface area contributed by atoms with Gasteiger partial charge in [0.2, 0.25) is 0 Å². The first-order valence-corrected chi connectivity index (χ1v) is 6.72. The maximum absolute atomic E-state index is 12.1. The van der Waals surface area contributed by atoms with E-state index in [2.05, 4.69) is 22.5 Å². The summed E-state index contributed by atoms with van der Waals surface area (Å²) in [4.78, 5) is 16.6. The second-order valence-corrected chi connectivity index (χ2v) is 4.83. The van der Waals surface area contributed by atoms with E-state index >= 15 is 0 Å². The third-order valence-electron chi connectivity index (χ3n) is 3.34. The van der Waals surface area contributed by atoms with Crippen molar-refractivity contribution >= 4 is 11.7 Å². The molecule has 4 heteroatoms. The summed E-state index contributed by atoms with van der Waals surface area (Å²) in [5.41, 5.74) is 1.69. The summed E-state index contributed by atoms with van der Waals surface area (Å²) in [7, 11) is 1.83. The van der Waals surface area contributed by atoms with Gasteiger partial charge in [0, 0.05) is 24.3 Å². The predicted octanol–water partition coefficient (Wildman–Crippen LogP) is 2.36. The molecule has 1 aliphatic carbocycles. The van der Waals surface area contributed by atoms with Gasteiger partial charge in [-0.3, -0.25) is 4.79 Å². The third kappa shape index (κ3) is 3.00. The van der Waals surface area contributed by atoms with E-state index < -0.39 is 0 Å². The molecule has 4 nitrogen and oxygen atoms in total. The van der Waals surface area contributed by atoms with Gasteiger partial charge in [0.05, 0.1) is 0 Å². The van der Waals surface area contributed by atoms with Gasteiger partial charge < -0.3 is 10.6 Å². The zero-order chi connectivity index (χ0) is 13.0. The Balaban J connectivity index is 2.13. The first-order valence-electron chi connectivity index (χ1n) is 6.72. The lowest BCUT2D eigenvalue weighted by atomic mass is 9.93. The van der Waals surface area contributed by atoms with Crippen molar-refractivity contribution in [2.75, 3.05) is 12.4 Å². The maximum atomic E-state index is 12.1. The van der Waals surface area contributed by atoms with Crippen LogP contribution in [0.4, 0.5) is 5.82 Å². The van der Waals surface area contributed by atoms with Gasteiger partial charge in [-0.1, -0.05) is 13.3 Å². The highest BCUT2D eigenvalue weighted by atomic mass is 16.1. The van der Waals surface area contributed by atoms with E-state index in [1.807, 2.05) is 19.2 Å². The number of amides is 1. The fraction of sp³-hybridized carbons (Fsp3) is 0.571. The molecule has 98 valence electrons. The highest BCUT2D eigenvalue weighted by Crippen LogP contribution is 2.19. The van der Waals surface area contributed by atoms with Crippen LogP contribution in [0.1, 0.15) is 48.7 Å². The summed E-state index contributed by atoms with van der Waals surface area (Å²) >= 11 is 0. The molecule has 0 radical (unpaired) electrons. The largest absolute Gasteiger partial charge is 0.373 e. The van der Waals surface area contributed by atoms with Gasteiger partial charge >= 0.3 is 0 Å². The zero-order valence-corrected chi connectivity index (χ0v) is 11.1. The summed E-state index contributed by atoms with van der Waals surface area (Å²) in [6.07, 6.45) is 5.38. The Morgan fingerprint density at radius 2 is 2.22 bits per heavy atom. The Morgan fingerprint density at radius 1 is 1.44 bits per heavy atom. The van der Waals surface area contributed by atoms with Crippen LogP contribution < -0.4 is 10.6 Å². The lowest BCUT2D eigenvalue weighted by molar-refractivity contribution is 0.0917. The molecule has 0 spiro atoms. The predicted molar refractivity (Wildman–Crippen MR) is 72.9 cm³/mol. The van der Waals surface area contributed by atoms with Gasteiger partial charge in [0.15, 0.2) is 0 Å². The zero-order valence-electron chi connectivity index (χ0n) is 11.1. The van der Waals surface area contributed by atoms with Crippen LogP contribution in [0, 0.1) is 0 Å². The van der Waals surface area contributed by atoms with Gasteiger partial charge in [-0.25, -0.2) is 4.98 Å². The number of aromatic nitrogens is 1. The van der Waals surface area contributed by atoms with Crippen LogP contribution in [-0.2, 0) is 6.42 Å². The number of nitrogens with zero attached hydrogens (tertiary/aromatic N) is 1. The molecule has 1 aromatic rings. The SMILES string of the molecule is CCCc1cc(C(=O)NC2CCC2)cc(NC)n1. The van der Waals surface area contributed by atoms with Gasteiger partial charge in [-0.15, -0.1) is 0 Å². The smallest absolute Gasteiger partial charge is 0.251 e. The molecule has 0 aliphatic heterocycles. The summed E-state index contributed by atoms with van der Waals surface area (Å²) in [6.45, 7) is 2.11. The van der Waals surface area contributed by atoms with Crippen molar-refractivity contribution in [1.29, 1.82) is 0 Å². The van der Waals surface area contributed by atoms with Crippen LogP contribution in [0.2, 0.25) is 0 Å². The first kappa shape index (κ1) is 12.9. The molecule has 0 bridgehead atoms. The van der Waals surface area contributed by atoms with E-state index in [-0.39, 0.29) is 5.91 Å². The fourth-order valence-electron chi connectivity index (χ4n) is 2.05. The minimum atomic E-state index is 0.0240. The minimum Gasteiger partial charge on any atom is -0.373 e. The molecular formula is C14H21N3O. The Hall–Kier alpha value is -1.58. The highest BCUT2D eigenvalue weighted by molar-refractivity contribution is 5.95. The van der Waals surface area contributed by atoms with Gasteiger partial charge in [0.25, 0.3) is 5.91 Å². The van der Waals surface area contributed by atoms with E-state index in [1.54, 1.807) is 0 Å². The Bertz CT molecular complexity index is 427. The Labute approximate surface area is 108 Å². The molecule has 1 aromatic heterocycles. The number of pyridine rings is 1. The standard InChI is InChI=1S/C14H21N3O/c1-3-5-12-8-10(9-13(15-2)16-12)14(18)17-11-6-4-7-11/h8-9,11H,3-7H2,1-2H3,(H,15,16)(H,17,18). The summed E-state index contributed by atoms with van der Waals surface area (Å²) in [5.74, 6) is 0.788. The number of rotatable bonds is 5. The van der Waals surface area contributed by atoms with Crippen LogP contribution in [0.3, 0.4) is 0 Å². The van der Waals surface area contributed by atoms with E-state index in [1.165, 1.54) is 6.42 Å². The fourth-order valence-corrected chi connectivity index (χ4v) is 2.05. The normalized spacial score (nSPS) is 15.0. The van der Waals surface area contributed by atoms with Crippen molar-refractivity contribution in [2.45, 2.75) is 45.1 Å². The average molecular weight is 247 g/mol. The Morgan fingerprint density at radius 3 is 2.78 bits per heavy atom. The molecule has 1 aliphatic rings. The molecule has 0 saturated heterocycles. The second-order valence-electron chi connectivity index (χ2n) is 4.83. The molecule has 1 fully saturated rings. The van der Waals surface area contributed by atoms with E-state index in [0.29, 0.717) is 11.6 Å². The van der Waals surface area contributed by atoms with E-state index in [0.717, 1.165) is 37.2 Å². The molecule has 2 rings (SSSR count). The second kappa shape index (κ2) is 5.85. The average Bonchev–Trinajstić information content (AvgIpc) is 2.33. The summed E-state index contributed by atoms with van der Waals surface area (Å²) < 4.78 is 0. The maximum Gasteiger partial charge on any atom is 0.251 e. The highest BCUT2D eigenvalue weighted by Gasteiger charge is 2.20. The lowest BCUT2D eigenvalue weighted by Crippen LogP contribution is -2.39. The van der Waals surface area contributed by atoms with Crippen LogP contribution in [-0.4, -0.2) is 24.0 Å². The topological polar surface area (TPSA) is 54.0 Å². The number of hydrogen-bond donors (Lipinski definition) is 2. The van der Waals surface area contributed by atoms with E-state index in [9.17, 15) is 4.79 Å². The van der Waals surface area contributed by atoms with Crippen molar-refractivity contribution in [1.82, 2.24) is 10.3 Å². The minimum absolute atomic E-state index is 0.0240. The van der Waals surface area contributed by atoms with Crippen LogP contribution in [0.5, 0.6) is 0 Å². The quantitative estimate of drug-likeness (QED) is 0.839. The van der Waals surface area contributed by atoms with Crippen molar-refractivity contribution in [3.05, 3.63) is 23.4 Å². The number of aryl methyl sites for hydroxylation is 1. The van der Waals surface area contributed by atoms with Crippen molar-refractivity contribution in [3.8, 4) is 0 Å². The van der Waals surface area contributed by atoms with Crippen LogP contribution >= 0.6 is 0 Å². The van der Waals surface area contributed by atoms with Gasteiger partial charge in [-0.05, 0) is 37.8 Å². The van der Waals surface area contributed by atoms with Crippen LogP contribution in [0.25, 0.3) is 0 Å². The molecule has 1 saturated carbocycles. The number of anilines is 1. The van der Waals surface area contributed by atoms with Gasteiger partial charge in [-0.2, -0.15) is 0 Å². The lowest BCUT2D eigenvalue weighted by Gasteiger charge is -2.26. The molecule has 0 aromatic carbocycles. The summed E-state index contributed by atoms with van der Waals surface area (Å²) in [5, 5.41) is 6.07. The molecule has 2 N–H and O–H groups in total. The molecule has 0 atom stereocenters. The third-order valence-corrected chi connectivity index (χ3v) is 3.34. The van der Waals surface area contributed by atoms with E-state index in [4.69, 9.17) is 0 Å². The number of carbonyl (C=O) groups excluding carboxylic acids is 1. The molecule has 1 heterocycles. The first-order chi connectivity index (χ1) is 8.72. The molecule has 0 unspecified atom stereocenters. The van der Waals surface area contributed by atoms with Crippen molar-refractivity contribution < 1.29 is 4.79 Å².